The van der Waals surface area contributed by atoms with Gasteiger partial charge in [-0.3, -0.25) is 4.79 Å². The van der Waals surface area contributed by atoms with E-state index in [1.165, 1.54) is 0 Å². The third kappa shape index (κ3) is 4.04. The number of carbonyl (C=O) groups is 1. The van der Waals surface area contributed by atoms with E-state index in [2.05, 4.69) is 10.3 Å². The number of pyridine rings is 1. The summed E-state index contributed by atoms with van der Waals surface area (Å²) in [7, 11) is 3.86. The Hall–Kier alpha value is -3.14. The lowest BCUT2D eigenvalue weighted by atomic mass is 9.90. The third-order valence-corrected chi connectivity index (χ3v) is 4.00. The number of rotatable bonds is 5. The summed E-state index contributed by atoms with van der Waals surface area (Å²) >= 11 is 0. The molecule has 1 N–H and O–H groups in total. The van der Waals surface area contributed by atoms with Gasteiger partial charge < -0.3 is 10.2 Å². The molecule has 0 spiro atoms. The molecule has 1 amide bonds. The normalized spacial score (nSPS) is 10.5. The molecule has 0 unspecified atom stereocenters. The van der Waals surface area contributed by atoms with Crippen LogP contribution in [-0.2, 0) is 4.79 Å². The van der Waals surface area contributed by atoms with Gasteiger partial charge in [-0.05, 0) is 23.3 Å². The first kappa shape index (κ1) is 16.7. The molecule has 0 aliphatic rings. The van der Waals surface area contributed by atoms with Crippen LogP contribution in [-0.4, -0.2) is 25.0 Å². The average Bonchev–Trinajstić information content (AvgIpc) is 2.64. The van der Waals surface area contributed by atoms with Gasteiger partial charge >= 0.3 is 0 Å². The zero-order chi connectivity index (χ0) is 17.6. The zero-order valence-corrected chi connectivity index (χ0v) is 14.4. The molecule has 0 fully saturated rings. The van der Waals surface area contributed by atoms with Gasteiger partial charge in [-0.2, -0.15) is 0 Å². The predicted octanol–water partition coefficient (Wildman–Crippen LogP) is 3.92. The summed E-state index contributed by atoms with van der Waals surface area (Å²) in [4.78, 5) is 19.2. The van der Waals surface area contributed by atoms with Crippen LogP contribution in [0.15, 0.2) is 79.0 Å². The molecule has 3 aromatic rings. The fraction of sp³-hybridized carbons (Fsp3) is 0.143. The zero-order valence-electron chi connectivity index (χ0n) is 14.4. The van der Waals surface area contributed by atoms with E-state index in [0.29, 0.717) is 5.69 Å². The molecule has 0 saturated heterocycles. The SMILES string of the molecule is CN(C)c1ccc(NC(=O)C(c2ccccc2)c2ccccc2)cn1. The average molecular weight is 331 g/mol. The Bertz CT molecular complexity index is 775. The lowest BCUT2D eigenvalue weighted by Gasteiger charge is -2.18. The van der Waals surface area contributed by atoms with Gasteiger partial charge in [0.2, 0.25) is 5.91 Å². The fourth-order valence-corrected chi connectivity index (χ4v) is 2.73. The lowest BCUT2D eigenvalue weighted by molar-refractivity contribution is -0.116. The standard InChI is InChI=1S/C21H21N3O/c1-24(2)19-14-13-18(15-22-19)23-21(25)20(16-9-5-3-6-10-16)17-11-7-4-8-12-17/h3-15,20H,1-2H3,(H,23,25). The van der Waals surface area contributed by atoms with Crippen molar-refractivity contribution in [3.63, 3.8) is 0 Å². The number of hydrogen-bond donors (Lipinski definition) is 1. The summed E-state index contributed by atoms with van der Waals surface area (Å²) in [6.45, 7) is 0. The summed E-state index contributed by atoms with van der Waals surface area (Å²) < 4.78 is 0. The van der Waals surface area contributed by atoms with Crippen molar-refractivity contribution < 1.29 is 4.79 Å². The molecule has 4 heteroatoms. The van der Waals surface area contributed by atoms with Gasteiger partial charge in [0, 0.05) is 14.1 Å². The van der Waals surface area contributed by atoms with Gasteiger partial charge in [0.25, 0.3) is 0 Å². The minimum absolute atomic E-state index is 0.0724. The van der Waals surface area contributed by atoms with Crippen molar-refractivity contribution in [1.82, 2.24) is 4.98 Å². The highest BCUT2D eigenvalue weighted by molar-refractivity contribution is 5.98. The maximum absolute atomic E-state index is 13.0. The van der Waals surface area contributed by atoms with E-state index in [1.54, 1.807) is 6.20 Å². The third-order valence-electron chi connectivity index (χ3n) is 4.00. The molecular formula is C21H21N3O. The molecule has 0 bridgehead atoms. The quantitative estimate of drug-likeness (QED) is 0.771. The van der Waals surface area contributed by atoms with Crippen LogP contribution in [0.3, 0.4) is 0 Å². The molecule has 1 heterocycles. The molecule has 126 valence electrons. The highest BCUT2D eigenvalue weighted by Crippen LogP contribution is 2.26. The van der Waals surface area contributed by atoms with Crippen molar-refractivity contribution in [2.45, 2.75) is 5.92 Å². The van der Waals surface area contributed by atoms with E-state index in [0.717, 1.165) is 16.9 Å². The number of anilines is 2. The Morgan fingerprint density at radius 3 is 1.88 bits per heavy atom. The first-order chi connectivity index (χ1) is 12.1. The van der Waals surface area contributed by atoms with E-state index in [1.807, 2.05) is 91.8 Å². The van der Waals surface area contributed by atoms with E-state index < -0.39 is 0 Å². The first-order valence-electron chi connectivity index (χ1n) is 8.19. The second kappa shape index (κ2) is 7.62. The van der Waals surface area contributed by atoms with Crippen LogP contribution in [0.4, 0.5) is 11.5 Å². The summed E-state index contributed by atoms with van der Waals surface area (Å²) in [5.41, 5.74) is 2.61. The van der Waals surface area contributed by atoms with Crippen LogP contribution in [0.1, 0.15) is 17.0 Å². The highest BCUT2D eigenvalue weighted by atomic mass is 16.1. The predicted molar refractivity (Wildman–Crippen MR) is 102 cm³/mol. The summed E-state index contributed by atoms with van der Waals surface area (Å²) in [6.07, 6.45) is 1.68. The molecule has 0 saturated carbocycles. The van der Waals surface area contributed by atoms with E-state index in [4.69, 9.17) is 0 Å². The number of amides is 1. The topological polar surface area (TPSA) is 45.2 Å². The molecule has 4 nitrogen and oxygen atoms in total. The molecule has 0 atom stereocenters. The van der Waals surface area contributed by atoms with Crippen molar-refractivity contribution in [1.29, 1.82) is 0 Å². The molecule has 2 aromatic carbocycles. The minimum Gasteiger partial charge on any atom is -0.363 e. The van der Waals surface area contributed by atoms with Crippen LogP contribution in [0.2, 0.25) is 0 Å². The Morgan fingerprint density at radius 2 is 1.44 bits per heavy atom. The second-order valence-corrected chi connectivity index (χ2v) is 6.04. The number of aromatic nitrogens is 1. The highest BCUT2D eigenvalue weighted by Gasteiger charge is 2.22. The fourth-order valence-electron chi connectivity index (χ4n) is 2.73. The van der Waals surface area contributed by atoms with E-state index in [-0.39, 0.29) is 11.8 Å². The number of benzene rings is 2. The number of carbonyl (C=O) groups excluding carboxylic acids is 1. The van der Waals surface area contributed by atoms with Crippen molar-refractivity contribution in [3.8, 4) is 0 Å². The van der Waals surface area contributed by atoms with Gasteiger partial charge in [-0.25, -0.2) is 4.98 Å². The largest absolute Gasteiger partial charge is 0.363 e. The van der Waals surface area contributed by atoms with Crippen molar-refractivity contribution in [3.05, 3.63) is 90.1 Å². The maximum Gasteiger partial charge on any atom is 0.236 e. The Balaban J connectivity index is 1.87. The first-order valence-corrected chi connectivity index (χ1v) is 8.19. The minimum atomic E-state index is -0.365. The number of nitrogens with one attached hydrogen (secondary N) is 1. The Labute approximate surface area is 148 Å². The molecule has 3 rings (SSSR count). The molecule has 0 aliphatic heterocycles. The number of nitrogens with zero attached hydrogens (tertiary/aromatic N) is 2. The van der Waals surface area contributed by atoms with Crippen molar-refractivity contribution in [2.75, 3.05) is 24.3 Å². The van der Waals surface area contributed by atoms with Crippen LogP contribution in [0.5, 0.6) is 0 Å². The Kier molecular flexibility index (Phi) is 5.09. The number of hydrogen-bond acceptors (Lipinski definition) is 3. The molecule has 0 radical (unpaired) electrons. The summed E-state index contributed by atoms with van der Waals surface area (Å²) in [5.74, 6) is 0.411. The maximum atomic E-state index is 13.0. The molecule has 1 aromatic heterocycles. The van der Waals surface area contributed by atoms with Crippen LogP contribution in [0, 0.1) is 0 Å². The van der Waals surface area contributed by atoms with Gasteiger partial charge in [0.05, 0.1) is 17.8 Å². The molecule has 0 aliphatic carbocycles. The van der Waals surface area contributed by atoms with E-state index >= 15 is 0 Å². The second-order valence-electron chi connectivity index (χ2n) is 6.04. The van der Waals surface area contributed by atoms with Gasteiger partial charge in [-0.1, -0.05) is 60.7 Å². The smallest absolute Gasteiger partial charge is 0.236 e. The van der Waals surface area contributed by atoms with Crippen LogP contribution in [0.25, 0.3) is 0 Å². The van der Waals surface area contributed by atoms with Crippen molar-refractivity contribution >= 4 is 17.4 Å². The monoisotopic (exact) mass is 331 g/mol. The summed E-state index contributed by atoms with van der Waals surface area (Å²) in [6, 6.07) is 23.4. The van der Waals surface area contributed by atoms with Crippen LogP contribution < -0.4 is 10.2 Å². The lowest BCUT2D eigenvalue weighted by Crippen LogP contribution is -2.22. The molecule has 25 heavy (non-hydrogen) atoms. The Morgan fingerprint density at radius 1 is 0.880 bits per heavy atom. The summed E-state index contributed by atoms with van der Waals surface area (Å²) in [5, 5.41) is 2.99. The van der Waals surface area contributed by atoms with Crippen LogP contribution >= 0.6 is 0 Å². The van der Waals surface area contributed by atoms with Gasteiger partial charge in [0.1, 0.15) is 5.82 Å². The van der Waals surface area contributed by atoms with Crippen molar-refractivity contribution in [2.24, 2.45) is 0 Å². The molecular weight excluding hydrogens is 310 g/mol. The van der Waals surface area contributed by atoms with Gasteiger partial charge in [0.15, 0.2) is 0 Å². The van der Waals surface area contributed by atoms with Gasteiger partial charge in [-0.15, -0.1) is 0 Å². The van der Waals surface area contributed by atoms with E-state index in [9.17, 15) is 4.79 Å².